The molecule has 0 aliphatic rings. The average Bonchev–Trinajstić information content (AvgIpc) is 3.28. The van der Waals surface area contributed by atoms with Crippen molar-refractivity contribution in [2.45, 2.75) is 186 Å². The van der Waals surface area contributed by atoms with Crippen LogP contribution in [0.25, 0.3) is 0 Å². The van der Waals surface area contributed by atoms with E-state index in [2.05, 4.69) is 6.92 Å². The molecular formula is C52H73F7O7. The van der Waals surface area contributed by atoms with E-state index in [9.17, 15) is 40.3 Å². The molecule has 372 valence electrons. The van der Waals surface area contributed by atoms with Gasteiger partial charge in [0.05, 0.1) is 24.3 Å². The topological polar surface area (TPSA) is 91.3 Å². The van der Waals surface area contributed by atoms with Gasteiger partial charge in [-0.3, -0.25) is 0 Å². The Morgan fingerprint density at radius 2 is 0.818 bits per heavy atom. The van der Waals surface area contributed by atoms with Crippen LogP contribution in [0.5, 0.6) is 23.0 Å². The van der Waals surface area contributed by atoms with E-state index in [0.717, 1.165) is 116 Å². The van der Waals surface area contributed by atoms with Crippen LogP contribution in [0.4, 0.5) is 30.7 Å². The molecule has 0 saturated carbocycles. The number of ether oxygens (including phenoxy) is 4. The van der Waals surface area contributed by atoms with Crippen molar-refractivity contribution < 1.29 is 64.4 Å². The third-order valence-electron chi connectivity index (χ3n) is 10.8. The lowest BCUT2D eigenvalue weighted by molar-refractivity contribution is -0.136. The Bertz CT molecular complexity index is 1660. The van der Waals surface area contributed by atoms with Crippen LogP contribution in [-0.2, 0) is 0 Å². The monoisotopic (exact) mass is 943 g/mol. The molecule has 0 radical (unpaired) electrons. The van der Waals surface area contributed by atoms with Gasteiger partial charge in [0.15, 0.2) is 0 Å². The second-order valence-corrected chi connectivity index (χ2v) is 16.8. The van der Waals surface area contributed by atoms with E-state index >= 15 is 0 Å². The van der Waals surface area contributed by atoms with Gasteiger partial charge < -0.3 is 24.1 Å². The van der Waals surface area contributed by atoms with E-state index in [-0.39, 0.29) is 25.0 Å². The molecule has 3 aromatic carbocycles. The highest BCUT2D eigenvalue weighted by Crippen LogP contribution is 2.25. The van der Waals surface area contributed by atoms with Crippen molar-refractivity contribution in [3.63, 3.8) is 0 Å². The summed E-state index contributed by atoms with van der Waals surface area (Å²) >= 11 is 0. The fourth-order valence-corrected chi connectivity index (χ4v) is 6.92. The van der Waals surface area contributed by atoms with Gasteiger partial charge in [0.1, 0.15) is 35.8 Å². The minimum Gasteiger partial charge on any atom is -0.494 e. The predicted octanol–water partition coefficient (Wildman–Crippen LogP) is 16.7. The number of esters is 1. The molecule has 66 heavy (non-hydrogen) atoms. The zero-order chi connectivity index (χ0) is 48.3. The molecule has 0 amide bonds. The Labute approximate surface area is 388 Å². The first-order valence-corrected chi connectivity index (χ1v) is 24.1. The molecule has 0 aliphatic heterocycles. The summed E-state index contributed by atoms with van der Waals surface area (Å²) in [5, 5.41) is 8.80. The van der Waals surface area contributed by atoms with E-state index in [4.69, 9.17) is 24.1 Å². The minimum atomic E-state index is -4.03. The van der Waals surface area contributed by atoms with Crippen molar-refractivity contribution in [3.8, 4) is 23.0 Å². The molecule has 7 nitrogen and oxygen atoms in total. The number of halogens is 7. The van der Waals surface area contributed by atoms with Gasteiger partial charge >= 0.3 is 24.3 Å². The van der Waals surface area contributed by atoms with Gasteiger partial charge in [0.25, 0.3) is 0 Å². The number of aromatic carboxylic acids is 1. The number of alkyl halides is 7. The number of hydrogen-bond donors (Lipinski definition) is 1. The van der Waals surface area contributed by atoms with Gasteiger partial charge in [-0.05, 0) is 105 Å². The van der Waals surface area contributed by atoms with E-state index in [1.165, 1.54) is 12.1 Å². The van der Waals surface area contributed by atoms with Crippen molar-refractivity contribution in [2.75, 3.05) is 19.8 Å². The molecule has 3 aromatic rings. The van der Waals surface area contributed by atoms with E-state index in [1.54, 1.807) is 60.7 Å². The summed E-state index contributed by atoms with van der Waals surface area (Å²) in [5.41, 5.74) is 0.644. The van der Waals surface area contributed by atoms with E-state index in [0.29, 0.717) is 61.0 Å². The summed E-state index contributed by atoms with van der Waals surface area (Å²) in [7, 11) is 0. The highest BCUT2D eigenvalue weighted by molar-refractivity contribution is 5.91. The van der Waals surface area contributed by atoms with Crippen molar-refractivity contribution in [3.05, 3.63) is 83.9 Å². The summed E-state index contributed by atoms with van der Waals surface area (Å²) in [5.74, 6) is 0.817. The fraction of sp³-hybridized carbons (Fsp3) is 0.615. The summed E-state index contributed by atoms with van der Waals surface area (Å²) in [6, 6.07) is 19.7. The Kier molecular flexibility index (Phi) is 30.4. The van der Waals surface area contributed by atoms with E-state index < -0.39 is 43.3 Å². The third-order valence-corrected chi connectivity index (χ3v) is 10.8. The third kappa shape index (κ3) is 31.4. The standard InChI is InChI=1S/C33H46F4O4.C19H27F3O3/c1-2-3-4-12-15-28(34)26-40-30-20-22-31(23-21-30)41-32(38)27-16-18-29(19-17-27)39-25-14-11-9-7-5-6-8-10-13-24-33(35,36)37;20-19(21,22)14-8-6-4-2-1-3-5-7-9-15-25-17-12-10-16(11-13-17)18(23)24/h16-23,28H,2-15,24-26H2,1H3;10-13H,1-9,14-15H2,(H,23,24). The van der Waals surface area contributed by atoms with Crippen LogP contribution >= 0.6 is 0 Å². The number of unbranched alkanes of at least 4 members (excludes halogenated alkanes) is 19. The van der Waals surface area contributed by atoms with Gasteiger partial charge in [-0.15, -0.1) is 0 Å². The molecule has 0 heterocycles. The summed E-state index contributed by atoms with van der Waals surface area (Å²) < 4.78 is 108. The zero-order valence-electron chi connectivity index (χ0n) is 38.8. The number of carbonyl (C=O) groups is 2. The van der Waals surface area contributed by atoms with Crippen LogP contribution < -0.4 is 18.9 Å². The summed E-state index contributed by atoms with van der Waals surface area (Å²) in [6.45, 7) is 3.32. The second-order valence-electron chi connectivity index (χ2n) is 16.8. The lowest BCUT2D eigenvalue weighted by atomic mass is 10.1. The van der Waals surface area contributed by atoms with Crippen LogP contribution in [0.15, 0.2) is 72.8 Å². The normalized spacial score (nSPS) is 11.9. The highest BCUT2D eigenvalue weighted by atomic mass is 19.4. The lowest BCUT2D eigenvalue weighted by Gasteiger charge is -2.11. The second kappa shape index (κ2) is 34.8. The number of benzene rings is 3. The number of rotatable bonds is 35. The van der Waals surface area contributed by atoms with Gasteiger partial charge in [0, 0.05) is 12.8 Å². The highest BCUT2D eigenvalue weighted by Gasteiger charge is 2.26. The number of carboxylic acid groups (broad SMARTS) is 1. The molecule has 3 rings (SSSR count). The largest absolute Gasteiger partial charge is 0.494 e. The molecule has 0 bridgehead atoms. The number of carboxylic acids is 1. The average molecular weight is 943 g/mol. The Morgan fingerprint density at radius 1 is 0.470 bits per heavy atom. The summed E-state index contributed by atoms with van der Waals surface area (Å²) in [4.78, 5) is 23.2. The fourth-order valence-electron chi connectivity index (χ4n) is 6.92. The number of hydrogen-bond acceptors (Lipinski definition) is 6. The molecule has 0 aromatic heterocycles. The Morgan fingerprint density at radius 3 is 1.23 bits per heavy atom. The van der Waals surface area contributed by atoms with Crippen LogP contribution in [0.1, 0.15) is 188 Å². The van der Waals surface area contributed by atoms with E-state index in [1.807, 2.05) is 0 Å². The molecular weight excluding hydrogens is 870 g/mol. The first-order chi connectivity index (χ1) is 31.6. The molecule has 1 atom stereocenters. The maximum Gasteiger partial charge on any atom is 0.389 e. The molecule has 14 heteroatoms. The zero-order valence-corrected chi connectivity index (χ0v) is 38.8. The molecule has 0 spiro atoms. The number of carbonyl (C=O) groups excluding carboxylic acids is 1. The first kappa shape index (κ1) is 57.6. The van der Waals surface area contributed by atoms with Crippen LogP contribution in [0, 0.1) is 0 Å². The molecule has 0 saturated heterocycles. The quantitative estimate of drug-likeness (QED) is 0.0272. The van der Waals surface area contributed by atoms with Crippen LogP contribution in [-0.4, -0.2) is 55.4 Å². The molecule has 0 fully saturated rings. The SMILES string of the molecule is CCCCCCC(F)COc1ccc(OC(=O)c2ccc(OCCCCCCCCCCCC(F)(F)F)cc2)cc1.O=C(O)c1ccc(OCCCCCCCCCCCC(F)(F)F)cc1. The van der Waals surface area contributed by atoms with Crippen molar-refractivity contribution in [1.29, 1.82) is 0 Å². The van der Waals surface area contributed by atoms with Crippen molar-refractivity contribution in [1.82, 2.24) is 0 Å². The Balaban J connectivity index is 0.000000511. The van der Waals surface area contributed by atoms with Crippen LogP contribution in [0.3, 0.4) is 0 Å². The Hall–Kier alpha value is -4.49. The van der Waals surface area contributed by atoms with Gasteiger partial charge in [0.2, 0.25) is 0 Å². The maximum atomic E-state index is 14.0. The lowest BCUT2D eigenvalue weighted by Crippen LogP contribution is -2.13. The smallest absolute Gasteiger partial charge is 0.389 e. The predicted molar refractivity (Wildman–Crippen MR) is 246 cm³/mol. The molecule has 1 unspecified atom stereocenters. The van der Waals surface area contributed by atoms with Gasteiger partial charge in [-0.2, -0.15) is 26.3 Å². The first-order valence-electron chi connectivity index (χ1n) is 24.1. The minimum absolute atomic E-state index is 0.0129. The molecule has 1 N–H and O–H groups in total. The van der Waals surface area contributed by atoms with Crippen LogP contribution in [0.2, 0.25) is 0 Å². The van der Waals surface area contributed by atoms with Gasteiger partial charge in [-0.1, -0.05) is 122 Å². The van der Waals surface area contributed by atoms with Gasteiger partial charge in [-0.25, -0.2) is 14.0 Å². The molecule has 0 aliphatic carbocycles. The summed E-state index contributed by atoms with van der Waals surface area (Å²) in [6.07, 6.45) is 10.3. The van der Waals surface area contributed by atoms with Crippen molar-refractivity contribution in [2.24, 2.45) is 0 Å². The maximum absolute atomic E-state index is 14.0. The van der Waals surface area contributed by atoms with Crippen molar-refractivity contribution >= 4 is 11.9 Å².